The number of nitrogens with one attached hydrogen (secondary N) is 1. The van der Waals surface area contributed by atoms with Gasteiger partial charge in [0.2, 0.25) is 0 Å². The number of rotatable bonds is 4. The molecule has 11 heavy (non-hydrogen) atoms. The molecule has 1 saturated carbocycles. The van der Waals surface area contributed by atoms with Gasteiger partial charge < -0.3 is 5.32 Å². The van der Waals surface area contributed by atoms with Crippen LogP contribution in [0.4, 0.5) is 0 Å². The van der Waals surface area contributed by atoms with Crippen LogP contribution < -0.4 is 5.32 Å². The molecule has 0 bridgehead atoms. The second-order valence-corrected chi connectivity index (χ2v) is 3.72. The second kappa shape index (κ2) is 3.35. The summed E-state index contributed by atoms with van der Waals surface area (Å²) < 4.78 is 0. The minimum absolute atomic E-state index is 0.0579. The zero-order chi connectivity index (χ0) is 8.43. The van der Waals surface area contributed by atoms with Gasteiger partial charge in [-0.15, -0.1) is 0 Å². The first-order valence-electron chi connectivity index (χ1n) is 4.41. The maximum atomic E-state index is 11.3. The van der Waals surface area contributed by atoms with E-state index in [1.165, 1.54) is 12.8 Å². The molecule has 0 saturated heterocycles. The molecule has 64 valence electrons. The van der Waals surface area contributed by atoms with Gasteiger partial charge in [0, 0.05) is 12.0 Å². The number of Topliss-reactive ketones (excluding diaryl/α,β-unsaturated/α-hetero) is 1. The lowest BCUT2D eigenvalue weighted by Gasteiger charge is -2.13. The van der Waals surface area contributed by atoms with E-state index >= 15 is 0 Å². The summed E-state index contributed by atoms with van der Waals surface area (Å²) in [5.41, 5.74) is 0. The number of carbonyl (C=O) groups is 1. The van der Waals surface area contributed by atoms with Crippen molar-refractivity contribution in [3.05, 3.63) is 0 Å². The highest BCUT2D eigenvalue weighted by molar-refractivity contribution is 5.85. The summed E-state index contributed by atoms with van der Waals surface area (Å²) in [6.07, 6.45) is 2.49. The number of hydrogen-bond donors (Lipinski definition) is 1. The Morgan fingerprint density at radius 2 is 1.91 bits per heavy atom. The Labute approximate surface area is 68.4 Å². The van der Waals surface area contributed by atoms with Gasteiger partial charge in [-0.05, 0) is 19.8 Å². The Bertz CT molecular complexity index is 150. The molecule has 1 atom stereocenters. The highest BCUT2D eigenvalue weighted by Crippen LogP contribution is 2.19. The Morgan fingerprint density at radius 1 is 1.36 bits per heavy atom. The molecular weight excluding hydrogens is 138 g/mol. The quantitative estimate of drug-likeness (QED) is 0.664. The van der Waals surface area contributed by atoms with Crippen LogP contribution in [0.15, 0.2) is 0 Å². The van der Waals surface area contributed by atoms with Crippen molar-refractivity contribution in [3.63, 3.8) is 0 Å². The molecule has 0 spiro atoms. The first kappa shape index (κ1) is 8.72. The zero-order valence-corrected chi connectivity index (χ0v) is 7.55. The van der Waals surface area contributed by atoms with Gasteiger partial charge in [0.15, 0.2) is 5.78 Å². The first-order valence-corrected chi connectivity index (χ1v) is 4.41. The van der Waals surface area contributed by atoms with Crippen LogP contribution in [0.25, 0.3) is 0 Å². The molecule has 1 fully saturated rings. The van der Waals surface area contributed by atoms with Crippen LogP contribution in [0.2, 0.25) is 0 Å². The molecule has 2 nitrogen and oxygen atoms in total. The summed E-state index contributed by atoms with van der Waals surface area (Å²) in [7, 11) is 0. The molecule has 2 heteroatoms. The third kappa shape index (κ3) is 2.62. The van der Waals surface area contributed by atoms with Crippen LogP contribution in [0, 0.1) is 5.92 Å². The average molecular weight is 155 g/mol. The standard InChI is InChI=1S/C9H17NO/c1-6(2)9(11)7(3)10-8-4-5-8/h6-8,10H,4-5H2,1-3H3. The van der Waals surface area contributed by atoms with Crippen molar-refractivity contribution < 1.29 is 4.79 Å². The molecule has 1 aliphatic carbocycles. The maximum absolute atomic E-state index is 11.3. The molecule has 0 aromatic carbocycles. The van der Waals surface area contributed by atoms with Crippen molar-refractivity contribution >= 4 is 5.78 Å². The highest BCUT2D eigenvalue weighted by atomic mass is 16.1. The first-order chi connectivity index (χ1) is 5.11. The fraction of sp³-hybridized carbons (Fsp3) is 0.889. The monoisotopic (exact) mass is 155 g/mol. The SMILES string of the molecule is CC(C)C(=O)C(C)NC1CC1. The summed E-state index contributed by atoms with van der Waals surface area (Å²) in [5, 5.41) is 3.29. The molecule has 0 aliphatic heterocycles. The third-order valence-corrected chi connectivity index (χ3v) is 2.06. The van der Waals surface area contributed by atoms with Crippen LogP contribution in [0.3, 0.4) is 0 Å². The van der Waals surface area contributed by atoms with E-state index in [1.54, 1.807) is 0 Å². The van der Waals surface area contributed by atoms with Gasteiger partial charge in [0.1, 0.15) is 0 Å². The van der Waals surface area contributed by atoms with E-state index in [4.69, 9.17) is 0 Å². The molecule has 0 aromatic rings. The lowest BCUT2D eigenvalue weighted by molar-refractivity contribution is -0.123. The van der Waals surface area contributed by atoms with Gasteiger partial charge >= 0.3 is 0 Å². The Kier molecular flexibility index (Phi) is 2.66. The maximum Gasteiger partial charge on any atom is 0.151 e. The highest BCUT2D eigenvalue weighted by Gasteiger charge is 2.26. The molecule has 1 N–H and O–H groups in total. The van der Waals surface area contributed by atoms with Gasteiger partial charge in [-0.3, -0.25) is 4.79 Å². The third-order valence-electron chi connectivity index (χ3n) is 2.06. The normalized spacial score (nSPS) is 20.4. The summed E-state index contributed by atoms with van der Waals surface area (Å²) in [5.74, 6) is 0.494. The van der Waals surface area contributed by atoms with Crippen molar-refractivity contribution in [2.24, 2.45) is 5.92 Å². The molecule has 1 unspecified atom stereocenters. The van der Waals surface area contributed by atoms with Gasteiger partial charge in [-0.1, -0.05) is 13.8 Å². The Morgan fingerprint density at radius 3 is 2.27 bits per heavy atom. The van der Waals surface area contributed by atoms with Crippen molar-refractivity contribution in [3.8, 4) is 0 Å². The summed E-state index contributed by atoms with van der Waals surface area (Å²) in [4.78, 5) is 11.3. The zero-order valence-electron chi connectivity index (χ0n) is 7.55. The van der Waals surface area contributed by atoms with Crippen molar-refractivity contribution in [2.45, 2.75) is 45.7 Å². The van der Waals surface area contributed by atoms with Gasteiger partial charge in [-0.2, -0.15) is 0 Å². The van der Waals surface area contributed by atoms with Crippen molar-refractivity contribution in [1.29, 1.82) is 0 Å². The predicted molar refractivity (Wildman–Crippen MR) is 45.5 cm³/mol. The fourth-order valence-corrected chi connectivity index (χ4v) is 1.19. The lowest BCUT2D eigenvalue weighted by Crippen LogP contribution is -2.37. The van der Waals surface area contributed by atoms with Gasteiger partial charge in [-0.25, -0.2) is 0 Å². The molecule has 0 heterocycles. The lowest BCUT2D eigenvalue weighted by atomic mass is 10.0. The van der Waals surface area contributed by atoms with Gasteiger partial charge in [0.25, 0.3) is 0 Å². The van der Waals surface area contributed by atoms with Crippen LogP contribution in [-0.2, 0) is 4.79 Å². The van der Waals surface area contributed by atoms with E-state index in [-0.39, 0.29) is 12.0 Å². The second-order valence-electron chi connectivity index (χ2n) is 3.72. The summed E-state index contributed by atoms with van der Waals surface area (Å²) >= 11 is 0. The van der Waals surface area contributed by atoms with E-state index in [2.05, 4.69) is 5.32 Å². The van der Waals surface area contributed by atoms with E-state index in [0.717, 1.165) is 0 Å². The molecule has 0 radical (unpaired) electrons. The van der Waals surface area contributed by atoms with Crippen molar-refractivity contribution in [2.75, 3.05) is 0 Å². The molecule has 0 aromatic heterocycles. The predicted octanol–water partition coefficient (Wildman–Crippen LogP) is 1.35. The number of carbonyl (C=O) groups excluding carboxylic acids is 1. The minimum atomic E-state index is 0.0579. The Hall–Kier alpha value is -0.370. The molecule has 0 amide bonds. The van der Waals surface area contributed by atoms with Crippen LogP contribution in [-0.4, -0.2) is 17.9 Å². The van der Waals surface area contributed by atoms with E-state index < -0.39 is 0 Å². The van der Waals surface area contributed by atoms with Crippen LogP contribution in [0.5, 0.6) is 0 Å². The number of ketones is 1. The summed E-state index contributed by atoms with van der Waals surface area (Å²) in [6, 6.07) is 0.690. The largest absolute Gasteiger partial charge is 0.305 e. The average Bonchev–Trinajstić information content (AvgIpc) is 2.69. The minimum Gasteiger partial charge on any atom is -0.305 e. The smallest absolute Gasteiger partial charge is 0.151 e. The number of hydrogen-bond acceptors (Lipinski definition) is 2. The van der Waals surface area contributed by atoms with Gasteiger partial charge in [0.05, 0.1) is 6.04 Å². The van der Waals surface area contributed by atoms with E-state index in [0.29, 0.717) is 11.8 Å². The van der Waals surface area contributed by atoms with E-state index in [9.17, 15) is 4.79 Å². The fourth-order valence-electron chi connectivity index (χ4n) is 1.19. The van der Waals surface area contributed by atoms with E-state index in [1.807, 2.05) is 20.8 Å². The molecular formula is C9H17NO. The van der Waals surface area contributed by atoms with Crippen molar-refractivity contribution in [1.82, 2.24) is 5.32 Å². The van der Waals surface area contributed by atoms with Crippen LogP contribution >= 0.6 is 0 Å². The molecule has 1 aliphatic rings. The Balaban J connectivity index is 2.26. The summed E-state index contributed by atoms with van der Waals surface area (Å²) in [6.45, 7) is 5.86. The van der Waals surface area contributed by atoms with Crippen LogP contribution in [0.1, 0.15) is 33.6 Å². The topological polar surface area (TPSA) is 29.1 Å². The molecule has 1 rings (SSSR count).